The lowest BCUT2D eigenvalue weighted by atomic mass is 10.3. The van der Waals surface area contributed by atoms with Gasteiger partial charge in [0, 0.05) is 17.2 Å². The lowest BCUT2D eigenvalue weighted by molar-refractivity contribution is 1.04. The molecule has 0 saturated heterocycles. The Morgan fingerprint density at radius 3 is 3.00 bits per heavy atom. The second-order valence-electron chi connectivity index (χ2n) is 3.10. The van der Waals surface area contributed by atoms with Gasteiger partial charge in [0.2, 0.25) is 0 Å². The molecule has 0 spiro atoms. The molecule has 0 radical (unpaired) electrons. The summed E-state index contributed by atoms with van der Waals surface area (Å²) in [5, 5.41) is 3.29. The third-order valence-electron chi connectivity index (χ3n) is 1.88. The third kappa shape index (κ3) is 3.50. The van der Waals surface area contributed by atoms with E-state index in [0.29, 0.717) is 0 Å². The topological polar surface area (TPSA) is 24.9 Å². The summed E-state index contributed by atoms with van der Waals surface area (Å²) in [5.41, 5.74) is 1.17. The molecule has 1 N–H and O–H groups in total. The number of hydrogen-bond acceptors (Lipinski definition) is 2. The van der Waals surface area contributed by atoms with Crippen LogP contribution in [0.25, 0.3) is 0 Å². The summed E-state index contributed by atoms with van der Waals surface area (Å²) in [5.74, 6) is 0.970. The highest BCUT2D eigenvalue weighted by Crippen LogP contribution is 2.16. The molecule has 0 bridgehead atoms. The van der Waals surface area contributed by atoms with Gasteiger partial charge in [-0.2, -0.15) is 0 Å². The van der Waals surface area contributed by atoms with E-state index in [1.54, 1.807) is 0 Å². The van der Waals surface area contributed by atoms with Crippen molar-refractivity contribution in [2.75, 3.05) is 11.9 Å². The summed E-state index contributed by atoms with van der Waals surface area (Å²) >= 11 is 3.39. The van der Waals surface area contributed by atoms with E-state index in [1.165, 1.54) is 5.56 Å². The van der Waals surface area contributed by atoms with Crippen LogP contribution in [0.1, 0.15) is 18.9 Å². The van der Waals surface area contributed by atoms with E-state index < -0.39 is 0 Å². The number of nitrogens with one attached hydrogen (secondary N) is 1. The molecule has 1 aromatic heterocycles. The Kier molecular flexibility index (Phi) is 4.66. The van der Waals surface area contributed by atoms with Gasteiger partial charge in [0.25, 0.3) is 0 Å². The lowest BCUT2D eigenvalue weighted by Crippen LogP contribution is -2.03. The van der Waals surface area contributed by atoms with Gasteiger partial charge in [-0.1, -0.05) is 12.2 Å². The highest BCUT2D eigenvalue weighted by molar-refractivity contribution is 9.10. The maximum absolute atomic E-state index is 4.29. The Morgan fingerprint density at radius 2 is 2.36 bits per heavy atom. The molecule has 0 aliphatic carbocycles. The van der Waals surface area contributed by atoms with Crippen LogP contribution in [-0.4, -0.2) is 11.5 Å². The minimum Gasteiger partial charge on any atom is -0.370 e. The van der Waals surface area contributed by atoms with E-state index in [-0.39, 0.29) is 0 Å². The van der Waals surface area contributed by atoms with Crippen LogP contribution in [0.5, 0.6) is 0 Å². The number of rotatable bonds is 4. The Hall–Kier alpha value is -0.830. The predicted octanol–water partition coefficient (Wildman–Crippen LogP) is 3.53. The van der Waals surface area contributed by atoms with E-state index in [9.17, 15) is 0 Å². The standard InChI is InChI=1S/C11H15BrN2/c1-3-4-5-6-13-11-9(2)7-10(12)8-14-11/h3-4,7-8H,5-6H2,1-2H3,(H,13,14)/b4-3+. The van der Waals surface area contributed by atoms with Crippen molar-refractivity contribution in [1.29, 1.82) is 0 Å². The summed E-state index contributed by atoms with van der Waals surface area (Å²) in [6.07, 6.45) is 7.05. The maximum Gasteiger partial charge on any atom is 0.128 e. The van der Waals surface area contributed by atoms with Crippen molar-refractivity contribution in [3.8, 4) is 0 Å². The zero-order valence-corrected chi connectivity index (χ0v) is 10.1. The van der Waals surface area contributed by atoms with Crippen molar-refractivity contribution >= 4 is 21.7 Å². The molecule has 0 aliphatic rings. The number of hydrogen-bond donors (Lipinski definition) is 1. The maximum atomic E-state index is 4.29. The van der Waals surface area contributed by atoms with Crippen LogP contribution in [0, 0.1) is 6.92 Å². The van der Waals surface area contributed by atoms with Crippen LogP contribution < -0.4 is 5.32 Å². The van der Waals surface area contributed by atoms with Gasteiger partial charge >= 0.3 is 0 Å². The van der Waals surface area contributed by atoms with Crippen molar-refractivity contribution in [1.82, 2.24) is 4.98 Å². The fourth-order valence-electron chi connectivity index (χ4n) is 1.17. The molecule has 0 fully saturated rings. The zero-order chi connectivity index (χ0) is 10.4. The first-order valence-electron chi connectivity index (χ1n) is 4.71. The molecule has 0 amide bonds. The van der Waals surface area contributed by atoms with Crippen LogP contribution in [-0.2, 0) is 0 Å². The molecular formula is C11H15BrN2. The van der Waals surface area contributed by atoms with E-state index in [2.05, 4.69) is 51.4 Å². The number of aromatic nitrogens is 1. The van der Waals surface area contributed by atoms with Crippen molar-refractivity contribution < 1.29 is 0 Å². The third-order valence-corrected chi connectivity index (χ3v) is 2.32. The molecule has 2 nitrogen and oxygen atoms in total. The molecule has 0 saturated carbocycles. The average Bonchev–Trinajstić information content (AvgIpc) is 2.15. The van der Waals surface area contributed by atoms with E-state index in [4.69, 9.17) is 0 Å². The molecule has 1 heterocycles. The average molecular weight is 255 g/mol. The summed E-state index contributed by atoms with van der Waals surface area (Å²) in [4.78, 5) is 4.29. The highest BCUT2D eigenvalue weighted by Gasteiger charge is 1.98. The van der Waals surface area contributed by atoms with Crippen LogP contribution in [0.15, 0.2) is 28.9 Å². The Balaban J connectivity index is 2.50. The molecule has 3 heteroatoms. The second kappa shape index (κ2) is 5.81. The van der Waals surface area contributed by atoms with E-state index >= 15 is 0 Å². The normalized spacial score (nSPS) is 10.8. The molecule has 0 aromatic carbocycles. The second-order valence-corrected chi connectivity index (χ2v) is 4.02. The van der Waals surface area contributed by atoms with E-state index in [1.807, 2.05) is 13.1 Å². The summed E-state index contributed by atoms with van der Waals surface area (Å²) in [7, 11) is 0. The minimum absolute atomic E-state index is 0.930. The fourth-order valence-corrected chi connectivity index (χ4v) is 1.61. The van der Waals surface area contributed by atoms with Gasteiger partial charge in [-0.25, -0.2) is 4.98 Å². The first-order chi connectivity index (χ1) is 6.74. The summed E-state index contributed by atoms with van der Waals surface area (Å²) in [6, 6.07) is 2.06. The van der Waals surface area contributed by atoms with Crippen molar-refractivity contribution in [3.63, 3.8) is 0 Å². The van der Waals surface area contributed by atoms with Gasteiger partial charge in [-0.15, -0.1) is 0 Å². The Bertz CT molecular complexity index is 321. The fraction of sp³-hybridized carbons (Fsp3) is 0.364. The Labute approximate surface area is 93.6 Å². The Morgan fingerprint density at radius 1 is 1.57 bits per heavy atom. The van der Waals surface area contributed by atoms with Crippen molar-refractivity contribution in [2.24, 2.45) is 0 Å². The molecule has 0 atom stereocenters. The molecule has 0 aliphatic heterocycles. The minimum atomic E-state index is 0.930. The van der Waals surface area contributed by atoms with Crippen LogP contribution in [0.3, 0.4) is 0 Å². The van der Waals surface area contributed by atoms with Crippen LogP contribution in [0.4, 0.5) is 5.82 Å². The van der Waals surface area contributed by atoms with Crippen molar-refractivity contribution in [3.05, 3.63) is 34.5 Å². The largest absolute Gasteiger partial charge is 0.370 e. The van der Waals surface area contributed by atoms with Gasteiger partial charge in [0.1, 0.15) is 5.82 Å². The zero-order valence-electron chi connectivity index (χ0n) is 8.55. The number of aryl methyl sites for hydroxylation is 1. The number of pyridine rings is 1. The van der Waals surface area contributed by atoms with Crippen molar-refractivity contribution in [2.45, 2.75) is 20.3 Å². The number of anilines is 1. The van der Waals surface area contributed by atoms with Gasteiger partial charge < -0.3 is 5.32 Å². The molecule has 0 unspecified atom stereocenters. The first kappa shape index (κ1) is 11.2. The first-order valence-corrected chi connectivity index (χ1v) is 5.50. The smallest absolute Gasteiger partial charge is 0.128 e. The SMILES string of the molecule is C/C=C/CCNc1ncc(Br)cc1C. The molecule has 76 valence electrons. The van der Waals surface area contributed by atoms with Gasteiger partial charge in [-0.05, 0) is 47.8 Å². The monoisotopic (exact) mass is 254 g/mol. The van der Waals surface area contributed by atoms with Crippen LogP contribution in [0.2, 0.25) is 0 Å². The number of nitrogens with zero attached hydrogens (tertiary/aromatic N) is 1. The van der Waals surface area contributed by atoms with Gasteiger partial charge in [0.15, 0.2) is 0 Å². The van der Waals surface area contributed by atoms with E-state index in [0.717, 1.165) is 23.3 Å². The molecular weight excluding hydrogens is 240 g/mol. The van der Waals surface area contributed by atoms with Gasteiger partial charge in [-0.3, -0.25) is 0 Å². The lowest BCUT2D eigenvalue weighted by Gasteiger charge is -2.06. The molecule has 14 heavy (non-hydrogen) atoms. The number of halogens is 1. The number of allylic oxidation sites excluding steroid dienone is 1. The summed E-state index contributed by atoms with van der Waals surface area (Å²) < 4.78 is 1.02. The summed E-state index contributed by atoms with van der Waals surface area (Å²) in [6.45, 7) is 5.01. The predicted molar refractivity (Wildman–Crippen MR) is 64.6 cm³/mol. The quantitative estimate of drug-likeness (QED) is 0.657. The molecule has 1 aromatic rings. The van der Waals surface area contributed by atoms with Crippen LogP contribution >= 0.6 is 15.9 Å². The highest BCUT2D eigenvalue weighted by atomic mass is 79.9. The molecule has 1 rings (SSSR count). The van der Waals surface area contributed by atoms with Gasteiger partial charge in [0.05, 0.1) is 0 Å².